The molecule has 110 valence electrons. The van der Waals surface area contributed by atoms with Gasteiger partial charge in [-0.1, -0.05) is 12.1 Å². The maximum atomic E-state index is 6.18. The van der Waals surface area contributed by atoms with Crippen molar-refractivity contribution < 1.29 is 14.2 Å². The van der Waals surface area contributed by atoms with E-state index in [9.17, 15) is 0 Å². The number of likely N-dealkylation sites (N-methyl/N-ethyl adjacent to an activating group) is 1. The number of hydrogen-bond donors (Lipinski definition) is 1. The van der Waals surface area contributed by atoms with Gasteiger partial charge in [-0.2, -0.15) is 0 Å². The van der Waals surface area contributed by atoms with Crippen molar-refractivity contribution in [2.24, 2.45) is 0 Å². The Morgan fingerprint density at radius 3 is 3.00 bits per heavy atom. The number of fused-ring (bicyclic) bond motifs is 1. The molecule has 1 saturated heterocycles. The summed E-state index contributed by atoms with van der Waals surface area (Å²) in [6, 6.07) is 6.47. The van der Waals surface area contributed by atoms with Gasteiger partial charge in [0.25, 0.3) is 0 Å². The zero-order chi connectivity index (χ0) is 14.2. The Morgan fingerprint density at radius 2 is 2.20 bits per heavy atom. The van der Waals surface area contributed by atoms with Crippen molar-refractivity contribution in [3.05, 3.63) is 23.8 Å². The third kappa shape index (κ3) is 2.63. The maximum absolute atomic E-state index is 6.18. The fraction of sp³-hybridized carbons (Fsp3) is 0.625. The van der Waals surface area contributed by atoms with E-state index in [4.69, 9.17) is 14.2 Å². The highest BCUT2D eigenvalue weighted by molar-refractivity contribution is 5.50. The van der Waals surface area contributed by atoms with Crippen molar-refractivity contribution in [2.45, 2.75) is 44.4 Å². The molecule has 2 unspecified atom stereocenters. The molecule has 0 bridgehead atoms. The zero-order valence-electron chi connectivity index (χ0n) is 12.4. The molecule has 4 nitrogen and oxygen atoms in total. The molecule has 20 heavy (non-hydrogen) atoms. The largest absolute Gasteiger partial charge is 0.483 e. The Hall–Kier alpha value is -1.26. The lowest BCUT2D eigenvalue weighted by Crippen LogP contribution is -2.48. The summed E-state index contributed by atoms with van der Waals surface area (Å²) < 4.78 is 17.8. The predicted octanol–water partition coefficient (Wildman–Crippen LogP) is 2.16. The van der Waals surface area contributed by atoms with E-state index in [1.54, 1.807) is 0 Å². The Morgan fingerprint density at radius 1 is 1.35 bits per heavy atom. The van der Waals surface area contributed by atoms with Gasteiger partial charge in [0.05, 0.1) is 6.61 Å². The predicted molar refractivity (Wildman–Crippen MR) is 77.6 cm³/mol. The summed E-state index contributed by atoms with van der Waals surface area (Å²) in [7, 11) is 1.97. The van der Waals surface area contributed by atoms with Crippen molar-refractivity contribution in [2.75, 3.05) is 20.3 Å². The summed E-state index contributed by atoms with van der Waals surface area (Å²) in [5, 5.41) is 3.31. The Balaban J connectivity index is 1.80. The van der Waals surface area contributed by atoms with E-state index in [0.717, 1.165) is 30.9 Å². The van der Waals surface area contributed by atoms with Gasteiger partial charge in [-0.3, -0.25) is 0 Å². The number of hydrogen-bond acceptors (Lipinski definition) is 4. The number of para-hydroxylation sites is 1. The lowest BCUT2D eigenvalue weighted by Gasteiger charge is -2.32. The molecule has 0 amide bonds. The van der Waals surface area contributed by atoms with Crippen LogP contribution in [0.15, 0.2) is 18.2 Å². The van der Waals surface area contributed by atoms with E-state index in [-0.39, 0.29) is 11.7 Å². The SMILES string of the molecule is CNC1CCOCC1Oc1cccc2c1OC(C)(C)C2. The van der Waals surface area contributed by atoms with E-state index in [2.05, 4.69) is 25.2 Å². The fourth-order valence-electron chi connectivity index (χ4n) is 3.00. The third-order valence-corrected chi connectivity index (χ3v) is 4.01. The first-order chi connectivity index (χ1) is 9.59. The van der Waals surface area contributed by atoms with Gasteiger partial charge in [0.2, 0.25) is 0 Å². The minimum absolute atomic E-state index is 0.0348. The van der Waals surface area contributed by atoms with Gasteiger partial charge in [-0.05, 0) is 33.4 Å². The molecule has 2 heterocycles. The first-order valence-corrected chi connectivity index (χ1v) is 7.32. The molecule has 1 fully saturated rings. The molecule has 2 aliphatic heterocycles. The van der Waals surface area contributed by atoms with Crippen LogP contribution in [0.4, 0.5) is 0 Å². The highest BCUT2D eigenvalue weighted by atomic mass is 16.6. The van der Waals surface area contributed by atoms with Gasteiger partial charge in [0.1, 0.15) is 11.7 Å². The van der Waals surface area contributed by atoms with Crippen molar-refractivity contribution >= 4 is 0 Å². The molecule has 0 aliphatic carbocycles. The van der Waals surface area contributed by atoms with Crippen LogP contribution in [-0.2, 0) is 11.2 Å². The van der Waals surface area contributed by atoms with E-state index in [1.807, 2.05) is 19.2 Å². The summed E-state index contributed by atoms with van der Waals surface area (Å²) in [5.74, 6) is 1.74. The topological polar surface area (TPSA) is 39.7 Å². The summed E-state index contributed by atoms with van der Waals surface area (Å²) in [5.41, 5.74) is 1.08. The monoisotopic (exact) mass is 277 g/mol. The van der Waals surface area contributed by atoms with Crippen LogP contribution in [0, 0.1) is 0 Å². The van der Waals surface area contributed by atoms with Gasteiger partial charge in [0.15, 0.2) is 11.5 Å². The number of benzene rings is 1. The van der Waals surface area contributed by atoms with Crippen LogP contribution in [0.1, 0.15) is 25.8 Å². The van der Waals surface area contributed by atoms with E-state index in [1.165, 1.54) is 5.56 Å². The molecule has 1 N–H and O–H groups in total. The van der Waals surface area contributed by atoms with Crippen LogP contribution in [0.3, 0.4) is 0 Å². The second-order valence-electron chi connectivity index (χ2n) is 6.20. The highest BCUT2D eigenvalue weighted by Crippen LogP contribution is 2.42. The smallest absolute Gasteiger partial charge is 0.165 e. The Kier molecular flexibility index (Phi) is 3.61. The molecule has 2 atom stereocenters. The molecule has 1 aromatic rings. The molecule has 4 heteroatoms. The van der Waals surface area contributed by atoms with Gasteiger partial charge in [-0.25, -0.2) is 0 Å². The third-order valence-electron chi connectivity index (χ3n) is 4.01. The summed E-state index contributed by atoms with van der Waals surface area (Å²) in [6.07, 6.45) is 1.94. The standard InChI is InChI=1S/C16H23NO3/c1-16(2)9-11-5-4-6-13(15(11)20-16)19-14-10-18-8-7-12(14)17-3/h4-6,12,14,17H,7-10H2,1-3H3. The molecule has 1 aromatic carbocycles. The quantitative estimate of drug-likeness (QED) is 0.919. The number of rotatable bonds is 3. The first-order valence-electron chi connectivity index (χ1n) is 7.32. The molecular weight excluding hydrogens is 254 g/mol. The average Bonchev–Trinajstić information content (AvgIpc) is 2.74. The maximum Gasteiger partial charge on any atom is 0.165 e. The van der Waals surface area contributed by atoms with E-state index < -0.39 is 0 Å². The number of ether oxygens (including phenoxy) is 3. The summed E-state index contributed by atoms with van der Waals surface area (Å²) in [4.78, 5) is 0. The molecular formula is C16H23NO3. The van der Waals surface area contributed by atoms with E-state index >= 15 is 0 Å². The second-order valence-corrected chi connectivity index (χ2v) is 6.20. The van der Waals surface area contributed by atoms with Crippen LogP contribution >= 0.6 is 0 Å². The summed E-state index contributed by atoms with van der Waals surface area (Å²) in [6.45, 7) is 5.63. The van der Waals surface area contributed by atoms with Crippen LogP contribution < -0.4 is 14.8 Å². The van der Waals surface area contributed by atoms with Crippen molar-refractivity contribution in [1.29, 1.82) is 0 Å². The fourth-order valence-corrected chi connectivity index (χ4v) is 3.00. The average molecular weight is 277 g/mol. The van der Waals surface area contributed by atoms with Crippen molar-refractivity contribution in [1.82, 2.24) is 5.32 Å². The molecule has 0 spiro atoms. The van der Waals surface area contributed by atoms with Crippen LogP contribution in [0.25, 0.3) is 0 Å². The summed E-state index contributed by atoms with van der Waals surface area (Å²) >= 11 is 0. The highest BCUT2D eigenvalue weighted by Gasteiger charge is 2.34. The molecule has 0 aromatic heterocycles. The lowest BCUT2D eigenvalue weighted by molar-refractivity contribution is -0.0147. The van der Waals surface area contributed by atoms with Gasteiger partial charge in [0, 0.05) is 24.6 Å². The zero-order valence-corrected chi connectivity index (χ0v) is 12.4. The number of nitrogens with one attached hydrogen (secondary N) is 1. The van der Waals surface area contributed by atoms with E-state index in [0.29, 0.717) is 12.6 Å². The normalized spacial score (nSPS) is 27.8. The Bertz CT molecular complexity index is 487. The Labute approximate surface area is 120 Å². The van der Waals surface area contributed by atoms with Crippen LogP contribution in [-0.4, -0.2) is 38.0 Å². The van der Waals surface area contributed by atoms with Crippen molar-refractivity contribution in [3.63, 3.8) is 0 Å². The van der Waals surface area contributed by atoms with Gasteiger partial charge >= 0.3 is 0 Å². The second kappa shape index (κ2) is 5.26. The molecule has 2 aliphatic rings. The minimum atomic E-state index is -0.146. The van der Waals surface area contributed by atoms with Crippen LogP contribution in [0.5, 0.6) is 11.5 Å². The van der Waals surface area contributed by atoms with Crippen molar-refractivity contribution in [3.8, 4) is 11.5 Å². The van der Waals surface area contributed by atoms with Crippen LogP contribution in [0.2, 0.25) is 0 Å². The molecule has 3 rings (SSSR count). The molecule has 0 saturated carbocycles. The van der Waals surface area contributed by atoms with Gasteiger partial charge in [-0.15, -0.1) is 0 Å². The lowest BCUT2D eigenvalue weighted by atomic mass is 10.0. The first kappa shape index (κ1) is 13.7. The minimum Gasteiger partial charge on any atom is -0.483 e. The molecule has 0 radical (unpaired) electrons. The van der Waals surface area contributed by atoms with Gasteiger partial charge < -0.3 is 19.5 Å².